The molecule has 1 aromatic carbocycles. The summed E-state index contributed by atoms with van der Waals surface area (Å²) in [5.41, 5.74) is -1.10. The van der Waals surface area contributed by atoms with Crippen LogP contribution < -0.4 is 0 Å². The molecular formula is C21H17ClF3N3. The van der Waals surface area contributed by atoms with Crippen molar-refractivity contribution in [3.05, 3.63) is 95.0 Å². The number of likely N-dealkylation sites (tertiary alicyclic amines) is 1. The lowest BCUT2D eigenvalue weighted by molar-refractivity contribution is -0.164. The van der Waals surface area contributed by atoms with Crippen LogP contribution >= 0.6 is 11.6 Å². The number of benzene rings is 1. The first-order valence-electron chi connectivity index (χ1n) is 8.77. The molecule has 2 aromatic heterocycles. The highest BCUT2D eigenvalue weighted by molar-refractivity contribution is 6.30. The number of alkyl halides is 3. The van der Waals surface area contributed by atoms with Crippen molar-refractivity contribution >= 4 is 11.6 Å². The van der Waals surface area contributed by atoms with E-state index in [-0.39, 0.29) is 11.1 Å². The van der Waals surface area contributed by atoms with Crippen LogP contribution in [0.25, 0.3) is 0 Å². The summed E-state index contributed by atoms with van der Waals surface area (Å²) in [6.45, 7) is -1.06. The Morgan fingerprint density at radius 3 is 2.04 bits per heavy atom. The van der Waals surface area contributed by atoms with Gasteiger partial charge in [-0.25, -0.2) is 13.2 Å². The highest BCUT2D eigenvalue weighted by Gasteiger charge is 2.55. The van der Waals surface area contributed by atoms with E-state index in [1.807, 2.05) is 0 Å². The molecule has 0 N–H and O–H groups in total. The molecule has 1 atom stereocenters. The molecular weight excluding hydrogens is 387 g/mol. The second kappa shape index (κ2) is 7.18. The van der Waals surface area contributed by atoms with Gasteiger partial charge < -0.3 is 0 Å². The maximum Gasteiger partial charge on any atom is 0.272 e. The van der Waals surface area contributed by atoms with Crippen LogP contribution in [0.1, 0.15) is 22.7 Å². The summed E-state index contributed by atoms with van der Waals surface area (Å²) in [5.74, 6) is -2.85. The van der Waals surface area contributed by atoms with Crippen LogP contribution in [-0.4, -0.2) is 33.9 Å². The zero-order valence-electron chi connectivity index (χ0n) is 14.8. The highest BCUT2D eigenvalue weighted by Crippen LogP contribution is 2.50. The van der Waals surface area contributed by atoms with Crippen molar-refractivity contribution in [3.8, 4) is 0 Å². The quantitative estimate of drug-likeness (QED) is 0.598. The maximum absolute atomic E-state index is 17.1. The van der Waals surface area contributed by atoms with Crippen LogP contribution in [0.2, 0.25) is 5.02 Å². The molecule has 1 aliphatic rings. The van der Waals surface area contributed by atoms with E-state index >= 15 is 4.39 Å². The van der Waals surface area contributed by atoms with E-state index in [2.05, 4.69) is 9.97 Å². The molecule has 1 unspecified atom stereocenters. The number of halogens is 4. The van der Waals surface area contributed by atoms with E-state index in [0.29, 0.717) is 10.6 Å². The van der Waals surface area contributed by atoms with Crippen molar-refractivity contribution in [1.29, 1.82) is 0 Å². The summed E-state index contributed by atoms with van der Waals surface area (Å²) in [7, 11) is 0. The largest absolute Gasteiger partial charge is 0.281 e. The van der Waals surface area contributed by atoms with Crippen molar-refractivity contribution in [2.45, 2.75) is 17.6 Å². The fourth-order valence-electron chi connectivity index (χ4n) is 3.74. The first-order valence-corrected chi connectivity index (χ1v) is 9.15. The zero-order valence-corrected chi connectivity index (χ0v) is 15.5. The maximum atomic E-state index is 17.1. The zero-order chi connectivity index (χ0) is 19.8. The van der Waals surface area contributed by atoms with Crippen molar-refractivity contribution in [3.63, 3.8) is 0 Å². The Kier molecular flexibility index (Phi) is 4.85. The van der Waals surface area contributed by atoms with Crippen molar-refractivity contribution in [2.24, 2.45) is 0 Å². The van der Waals surface area contributed by atoms with Gasteiger partial charge in [0.1, 0.15) is 0 Å². The van der Waals surface area contributed by atoms with E-state index in [0.717, 1.165) is 0 Å². The minimum atomic E-state index is -2.85. The molecule has 28 heavy (non-hydrogen) atoms. The smallest absolute Gasteiger partial charge is 0.272 e. The Bertz CT molecular complexity index is 906. The van der Waals surface area contributed by atoms with Crippen LogP contribution in [0, 0.1) is 0 Å². The molecule has 3 nitrogen and oxygen atoms in total. The van der Waals surface area contributed by atoms with Gasteiger partial charge in [0.2, 0.25) is 0 Å². The van der Waals surface area contributed by atoms with E-state index in [1.165, 1.54) is 17.3 Å². The Balaban J connectivity index is 1.91. The number of rotatable bonds is 5. The molecule has 1 aliphatic heterocycles. The Morgan fingerprint density at radius 2 is 1.57 bits per heavy atom. The third kappa shape index (κ3) is 3.38. The second-order valence-corrected chi connectivity index (χ2v) is 7.35. The first kappa shape index (κ1) is 18.9. The summed E-state index contributed by atoms with van der Waals surface area (Å²) in [6.07, 6.45) is 5.92. The lowest BCUT2D eigenvalue weighted by Gasteiger charge is -2.49. The van der Waals surface area contributed by atoms with Gasteiger partial charge in [-0.1, -0.05) is 35.9 Å². The Morgan fingerprint density at radius 1 is 0.964 bits per heavy atom. The van der Waals surface area contributed by atoms with Gasteiger partial charge in [-0.15, -0.1) is 0 Å². The molecule has 0 saturated carbocycles. The van der Waals surface area contributed by atoms with E-state index in [1.54, 1.807) is 60.9 Å². The molecule has 0 amide bonds. The van der Waals surface area contributed by atoms with E-state index in [4.69, 9.17) is 11.6 Å². The third-order valence-corrected chi connectivity index (χ3v) is 5.17. The van der Waals surface area contributed by atoms with Crippen molar-refractivity contribution < 1.29 is 13.2 Å². The lowest BCUT2D eigenvalue weighted by Crippen LogP contribution is -2.60. The SMILES string of the molecule is FC1(F)CN(C(c2cccc(Cl)c2)C(F)(c2cccnc2)c2cccnc2)C1. The fourth-order valence-corrected chi connectivity index (χ4v) is 3.94. The summed E-state index contributed by atoms with van der Waals surface area (Å²) >= 11 is 6.14. The van der Waals surface area contributed by atoms with Crippen molar-refractivity contribution in [2.75, 3.05) is 13.1 Å². The molecule has 3 heterocycles. The first-order chi connectivity index (χ1) is 13.4. The standard InChI is InChI=1S/C21H17ClF3N3/c22-18-7-1-4-15(10-18)19(28-13-20(23,24)14-28)21(25,16-5-2-8-26-11-16)17-6-3-9-27-12-17/h1-12,19H,13-14H2. The predicted octanol–water partition coefficient (Wildman–Crippen LogP) is 5.04. The molecule has 3 aromatic rings. The predicted molar refractivity (Wildman–Crippen MR) is 101 cm³/mol. The topological polar surface area (TPSA) is 29.0 Å². The monoisotopic (exact) mass is 403 g/mol. The van der Waals surface area contributed by atoms with Crippen LogP contribution in [0.15, 0.2) is 73.3 Å². The van der Waals surface area contributed by atoms with Crippen LogP contribution in [0.3, 0.4) is 0 Å². The Labute approximate surface area is 165 Å². The number of pyridine rings is 2. The molecule has 1 fully saturated rings. The van der Waals surface area contributed by atoms with Crippen LogP contribution in [0.4, 0.5) is 13.2 Å². The van der Waals surface area contributed by atoms with Gasteiger partial charge in [0, 0.05) is 40.9 Å². The highest BCUT2D eigenvalue weighted by atomic mass is 35.5. The summed E-state index contributed by atoms with van der Waals surface area (Å²) in [4.78, 5) is 9.53. The molecule has 4 rings (SSSR count). The summed E-state index contributed by atoms with van der Waals surface area (Å²) in [6, 6.07) is 12.1. The molecule has 0 aliphatic carbocycles. The average molecular weight is 404 g/mol. The van der Waals surface area contributed by atoms with Crippen LogP contribution in [0.5, 0.6) is 0 Å². The number of hydrogen-bond donors (Lipinski definition) is 0. The number of nitrogens with zero attached hydrogens (tertiary/aromatic N) is 3. The Hall–Kier alpha value is -2.44. The molecule has 144 valence electrons. The van der Waals surface area contributed by atoms with Gasteiger partial charge in [-0.2, -0.15) is 0 Å². The van der Waals surface area contributed by atoms with Gasteiger partial charge in [0.25, 0.3) is 5.92 Å². The molecule has 1 saturated heterocycles. The summed E-state index contributed by atoms with van der Waals surface area (Å²) in [5, 5.41) is 0.412. The van der Waals surface area contributed by atoms with E-state index in [9.17, 15) is 8.78 Å². The number of hydrogen-bond acceptors (Lipinski definition) is 3. The van der Waals surface area contributed by atoms with E-state index < -0.39 is 30.7 Å². The van der Waals surface area contributed by atoms with Crippen LogP contribution in [-0.2, 0) is 5.67 Å². The van der Waals surface area contributed by atoms with Gasteiger partial charge in [-0.3, -0.25) is 14.9 Å². The minimum absolute atomic E-state index is 0.267. The van der Waals surface area contributed by atoms with Gasteiger partial charge >= 0.3 is 0 Å². The second-order valence-electron chi connectivity index (χ2n) is 6.91. The normalized spacial score (nSPS) is 17.7. The summed E-state index contributed by atoms with van der Waals surface area (Å²) < 4.78 is 44.5. The molecule has 7 heteroatoms. The van der Waals surface area contributed by atoms with Gasteiger partial charge in [-0.05, 0) is 29.8 Å². The van der Waals surface area contributed by atoms with Gasteiger partial charge in [0.05, 0.1) is 19.1 Å². The fraction of sp³-hybridized carbons (Fsp3) is 0.238. The molecule has 0 spiro atoms. The van der Waals surface area contributed by atoms with Gasteiger partial charge in [0.15, 0.2) is 5.67 Å². The average Bonchev–Trinajstić information content (AvgIpc) is 2.68. The molecule has 0 bridgehead atoms. The molecule has 0 radical (unpaired) electrons. The van der Waals surface area contributed by atoms with Crippen molar-refractivity contribution in [1.82, 2.24) is 14.9 Å². The minimum Gasteiger partial charge on any atom is -0.281 e. The number of aromatic nitrogens is 2. The lowest BCUT2D eigenvalue weighted by atomic mass is 9.78. The third-order valence-electron chi connectivity index (χ3n) is 4.94.